The number of carbonyl (C=O) groups excluding carboxylic acids is 2. The average molecular weight is 380 g/mol. The average Bonchev–Trinajstić information content (AvgIpc) is 3.11. The van der Waals surface area contributed by atoms with Crippen LogP contribution < -0.4 is 5.32 Å². The lowest BCUT2D eigenvalue weighted by Gasteiger charge is -2.27. The number of carbonyl (C=O) groups is 3. The Hall–Kier alpha value is -1.89. The van der Waals surface area contributed by atoms with Gasteiger partial charge in [0.2, 0.25) is 5.91 Å². The van der Waals surface area contributed by atoms with Crippen molar-refractivity contribution in [2.45, 2.75) is 17.4 Å². The lowest BCUT2D eigenvalue weighted by atomic mass is 9.79. The van der Waals surface area contributed by atoms with Gasteiger partial charge < -0.3 is 15.2 Å². The van der Waals surface area contributed by atoms with E-state index in [0.29, 0.717) is 5.69 Å². The zero-order valence-electron chi connectivity index (χ0n) is 11.9. The Morgan fingerprint density at radius 2 is 2.09 bits per heavy atom. The number of hydrogen-bond donors (Lipinski definition) is 2. The first kappa shape index (κ1) is 14.7. The van der Waals surface area contributed by atoms with Crippen LogP contribution in [0, 0.1) is 23.7 Å². The number of esters is 1. The number of aromatic carboxylic acids is 1. The molecule has 1 saturated heterocycles. The largest absolute Gasteiger partial charge is 0.478 e. The number of amides is 1. The van der Waals surface area contributed by atoms with Crippen LogP contribution in [0.25, 0.3) is 0 Å². The van der Waals surface area contributed by atoms with Crippen LogP contribution in [0.1, 0.15) is 16.8 Å². The summed E-state index contributed by atoms with van der Waals surface area (Å²) in [5.41, 5.74) is 0.529. The highest BCUT2D eigenvalue weighted by Gasteiger charge is 2.67. The summed E-state index contributed by atoms with van der Waals surface area (Å²) in [6.07, 6.45) is 0.696. The Morgan fingerprint density at radius 3 is 2.83 bits per heavy atom. The molecular formula is C16H14BrNO5. The van der Waals surface area contributed by atoms with Crippen LogP contribution in [0.4, 0.5) is 5.69 Å². The molecule has 1 aromatic carbocycles. The molecule has 7 heteroatoms. The fourth-order valence-electron chi connectivity index (χ4n) is 4.29. The Balaban J connectivity index is 1.57. The summed E-state index contributed by atoms with van der Waals surface area (Å²) in [6.45, 7) is 0. The van der Waals surface area contributed by atoms with Crippen molar-refractivity contribution in [3.05, 3.63) is 29.8 Å². The number of alkyl halides is 1. The quantitative estimate of drug-likeness (QED) is 0.617. The van der Waals surface area contributed by atoms with Crippen LogP contribution in [0.3, 0.4) is 0 Å². The van der Waals surface area contributed by atoms with E-state index >= 15 is 0 Å². The number of carboxylic acids is 1. The molecule has 0 spiro atoms. The summed E-state index contributed by atoms with van der Waals surface area (Å²) < 4.78 is 5.39. The number of benzene rings is 1. The topological polar surface area (TPSA) is 92.7 Å². The third-order valence-corrected chi connectivity index (χ3v) is 6.40. The molecule has 6 nitrogen and oxygen atoms in total. The van der Waals surface area contributed by atoms with Crippen LogP contribution in [0.2, 0.25) is 0 Å². The first-order valence-corrected chi connectivity index (χ1v) is 8.37. The standard InChI is InChI=1S/C16H14BrNO5/c17-12-8-5-9-11(16(22)23-13(9)12)10(8)14(19)18-7-3-1-2-6(4-7)15(20)21/h1-4,8-13H,5H2,(H,18,19)(H,20,21)/t8-,9-,10-,11+,12-,13+/m1/s1. The normalized spacial score (nSPS) is 36.8. The molecule has 0 unspecified atom stereocenters. The number of rotatable bonds is 3. The van der Waals surface area contributed by atoms with Gasteiger partial charge in [-0.15, -0.1) is 0 Å². The molecule has 1 aliphatic heterocycles. The molecule has 23 heavy (non-hydrogen) atoms. The fourth-order valence-corrected chi connectivity index (χ4v) is 5.33. The Bertz CT molecular complexity index is 720. The third-order valence-electron chi connectivity index (χ3n) is 5.20. The second-order valence-electron chi connectivity index (χ2n) is 6.34. The predicted octanol–water partition coefficient (Wildman–Crippen LogP) is 1.89. The van der Waals surface area contributed by atoms with Crippen LogP contribution in [-0.2, 0) is 14.3 Å². The minimum Gasteiger partial charge on any atom is -0.478 e. The van der Waals surface area contributed by atoms with Gasteiger partial charge in [0.1, 0.15) is 6.10 Å². The number of halogens is 1. The number of fused-ring (bicyclic) bond motifs is 1. The van der Waals surface area contributed by atoms with Gasteiger partial charge in [-0.25, -0.2) is 4.79 Å². The van der Waals surface area contributed by atoms with Gasteiger partial charge in [-0.2, -0.15) is 0 Å². The van der Waals surface area contributed by atoms with Gasteiger partial charge in [0.15, 0.2) is 0 Å². The second kappa shape index (κ2) is 5.06. The maximum atomic E-state index is 12.7. The van der Waals surface area contributed by atoms with Gasteiger partial charge in [0.25, 0.3) is 0 Å². The van der Waals surface area contributed by atoms with Crippen molar-refractivity contribution in [3.63, 3.8) is 0 Å². The smallest absolute Gasteiger partial charge is 0.335 e. The van der Waals surface area contributed by atoms with Crippen molar-refractivity contribution in [3.8, 4) is 0 Å². The summed E-state index contributed by atoms with van der Waals surface area (Å²) in [6, 6.07) is 6.09. The van der Waals surface area contributed by atoms with E-state index in [0.717, 1.165) is 6.42 Å². The molecule has 2 saturated carbocycles. The van der Waals surface area contributed by atoms with Crippen LogP contribution in [-0.4, -0.2) is 33.9 Å². The van der Waals surface area contributed by atoms with Gasteiger partial charge >= 0.3 is 11.9 Å². The summed E-state index contributed by atoms with van der Waals surface area (Å²) >= 11 is 3.57. The van der Waals surface area contributed by atoms with Crippen LogP contribution >= 0.6 is 15.9 Å². The van der Waals surface area contributed by atoms with Crippen molar-refractivity contribution < 1.29 is 24.2 Å². The molecule has 1 amide bonds. The Kier molecular flexibility index (Phi) is 3.23. The number of nitrogens with one attached hydrogen (secondary N) is 1. The number of anilines is 1. The van der Waals surface area contributed by atoms with Gasteiger partial charge in [-0.3, -0.25) is 9.59 Å². The minimum absolute atomic E-state index is 0.0105. The Labute approximate surface area is 140 Å². The van der Waals surface area contributed by atoms with Gasteiger partial charge in [0, 0.05) is 11.6 Å². The minimum atomic E-state index is -1.05. The number of carboxylic acid groups (broad SMARTS) is 1. The molecule has 3 fully saturated rings. The molecule has 0 aromatic heterocycles. The predicted molar refractivity (Wildman–Crippen MR) is 83.2 cm³/mol. The van der Waals surface area contributed by atoms with Crippen molar-refractivity contribution in [1.82, 2.24) is 0 Å². The van der Waals surface area contributed by atoms with E-state index in [9.17, 15) is 14.4 Å². The summed E-state index contributed by atoms with van der Waals surface area (Å²) in [7, 11) is 0. The monoisotopic (exact) mass is 379 g/mol. The van der Waals surface area contributed by atoms with E-state index in [1.807, 2.05) is 0 Å². The summed E-state index contributed by atoms with van der Waals surface area (Å²) in [5.74, 6) is -2.20. The zero-order valence-corrected chi connectivity index (χ0v) is 13.5. The number of ether oxygens (including phenoxy) is 1. The Morgan fingerprint density at radius 1 is 1.30 bits per heavy atom. The molecule has 2 N–H and O–H groups in total. The molecule has 1 aromatic rings. The zero-order chi connectivity index (χ0) is 16.3. The maximum Gasteiger partial charge on any atom is 0.335 e. The van der Waals surface area contributed by atoms with Crippen LogP contribution in [0.15, 0.2) is 24.3 Å². The molecule has 4 rings (SSSR count). The van der Waals surface area contributed by atoms with E-state index in [1.54, 1.807) is 12.1 Å². The van der Waals surface area contributed by atoms with E-state index in [1.165, 1.54) is 12.1 Å². The summed E-state index contributed by atoms with van der Waals surface area (Å²) in [5, 5.41) is 11.8. The van der Waals surface area contributed by atoms with E-state index in [4.69, 9.17) is 9.84 Å². The molecule has 3 aliphatic rings. The van der Waals surface area contributed by atoms with E-state index in [-0.39, 0.29) is 46.1 Å². The molecule has 0 radical (unpaired) electrons. The van der Waals surface area contributed by atoms with Gasteiger partial charge in [0.05, 0.1) is 22.2 Å². The maximum absolute atomic E-state index is 12.7. The third kappa shape index (κ3) is 2.09. The molecule has 1 heterocycles. The number of hydrogen-bond acceptors (Lipinski definition) is 4. The molecule has 2 bridgehead atoms. The second-order valence-corrected chi connectivity index (χ2v) is 7.39. The SMILES string of the molecule is O=C(O)c1cccc(NC(=O)[C@@H]2[C@H]3C[C@H]4[C@H](OC(=O)[C@@H]42)[C@@H]3Br)c1. The van der Waals surface area contributed by atoms with Crippen molar-refractivity contribution in [2.75, 3.05) is 5.32 Å². The van der Waals surface area contributed by atoms with E-state index in [2.05, 4.69) is 21.2 Å². The first-order chi connectivity index (χ1) is 11.0. The lowest BCUT2D eigenvalue weighted by molar-refractivity contribution is -0.145. The van der Waals surface area contributed by atoms with Gasteiger partial charge in [-0.1, -0.05) is 22.0 Å². The van der Waals surface area contributed by atoms with Crippen molar-refractivity contribution >= 4 is 39.5 Å². The highest BCUT2D eigenvalue weighted by molar-refractivity contribution is 9.09. The molecular weight excluding hydrogens is 366 g/mol. The summed E-state index contributed by atoms with van der Waals surface area (Å²) in [4.78, 5) is 35.7. The molecule has 2 aliphatic carbocycles. The first-order valence-electron chi connectivity index (χ1n) is 7.46. The van der Waals surface area contributed by atoms with E-state index < -0.39 is 11.9 Å². The van der Waals surface area contributed by atoms with Crippen LogP contribution in [0.5, 0.6) is 0 Å². The highest BCUT2D eigenvalue weighted by Crippen LogP contribution is 2.60. The fraction of sp³-hybridized carbons (Fsp3) is 0.438. The molecule has 6 atom stereocenters. The van der Waals surface area contributed by atoms with Gasteiger partial charge in [-0.05, 0) is 30.5 Å². The van der Waals surface area contributed by atoms with Crippen molar-refractivity contribution in [2.24, 2.45) is 23.7 Å². The molecule has 120 valence electrons. The highest BCUT2D eigenvalue weighted by atomic mass is 79.9. The van der Waals surface area contributed by atoms with Crippen molar-refractivity contribution in [1.29, 1.82) is 0 Å². The lowest BCUT2D eigenvalue weighted by Crippen LogP contribution is -2.40.